The summed E-state index contributed by atoms with van der Waals surface area (Å²) in [6, 6.07) is 3.24. The van der Waals surface area contributed by atoms with Gasteiger partial charge >= 0.3 is 0 Å². The fraction of sp³-hybridized carbons (Fsp3) is 0.375. The molecule has 0 saturated heterocycles. The van der Waals surface area contributed by atoms with Gasteiger partial charge in [0, 0.05) is 22.6 Å². The number of fused-ring (bicyclic) bond motifs is 4. The van der Waals surface area contributed by atoms with E-state index in [1.807, 2.05) is 6.92 Å². The maximum Gasteiger partial charge on any atom is 0.293 e. The van der Waals surface area contributed by atoms with Gasteiger partial charge in [-0.3, -0.25) is 9.59 Å². The van der Waals surface area contributed by atoms with Crippen LogP contribution in [0.3, 0.4) is 0 Å². The molecule has 1 atom stereocenters. The second-order valence-electron chi connectivity index (χ2n) is 8.53. The summed E-state index contributed by atoms with van der Waals surface area (Å²) in [5.41, 5.74) is 5.94. The summed E-state index contributed by atoms with van der Waals surface area (Å²) in [7, 11) is 0. The monoisotopic (exact) mass is 454 g/mol. The van der Waals surface area contributed by atoms with Gasteiger partial charge in [-0.1, -0.05) is 0 Å². The average molecular weight is 455 g/mol. The van der Waals surface area contributed by atoms with Crippen LogP contribution >= 0.6 is 11.8 Å². The van der Waals surface area contributed by atoms with Gasteiger partial charge in [0.15, 0.2) is 0 Å². The molecule has 166 valence electrons. The Morgan fingerprint density at radius 1 is 1.31 bits per heavy atom. The van der Waals surface area contributed by atoms with Crippen LogP contribution in [0, 0.1) is 12.7 Å². The molecule has 1 aliphatic heterocycles. The lowest BCUT2D eigenvalue weighted by Gasteiger charge is -2.25. The molecular formula is C24H23FN2O4S. The van der Waals surface area contributed by atoms with Gasteiger partial charge < -0.3 is 14.4 Å². The number of carbonyl (C=O) groups is 1. The Kier molecular flexibility index (Phi) is 4.90. The molecule has 32 heavy (non-hydrogen) atoms. The van der Waals surface area contributed by atoms with Gasteiger partial charge in [0.1, 0.15) is 17.4 Å². The molecule has 3 aromatic rings. The number of pyridine rings is 2. The second-order valence-corrected chi connectivity index (χ2v) is 9.74. The van der Waals surface area contributed by atoms with Crippen molar-refractivity contribution in [2.75, 3.05) is 6.26 Å². The summed E-state index contributed by atoms with van der Waals surface area (Å²) in [4.78, 5) is 27.7. The molecule has 0 saturated carbocycles. The largest absolute Gasteiger partial charge is 0.463 e. The van der Waals surface area contributed by atoms with E-state index in [9.17, 15) is 19.1 Å². The van der Waals surface area contributed by atoms with Crippen LogP contribution in [-0.4, -0.2) is 27.4 Å². The highest BCUT2D eigenvalue weighted by Crippen LogP contribution is 2.42. The van der Waals surface area contributed by atoms with E-state index in [0.717, 1.165) is 41.3 Å². The van der Waals surface area contributed by atoms with Crippen LogP contribution in [0.1, 0.15) is 46.7 Å². The number of aryl methyl sites for hydroxylation is 2. The normalized spacial score (nSPS) is 15.9. The lowest BCUT2D eigenvalue weighted by Crippen LogP contribution is -2.30. The van der Waals surface area contributed by atoms with E-state index in [1.54, 1.807) is 23.8 Å². The zero-order valence-electron chi connectivity index (χ0n) is 18.1. The quantitative estimate of drug-likeness (QED) is 0.367. The number of halogens is 1. The molecule has 3 heterocycles. The maximum absolute atomic E-state index is 14.6. The fourth-order valence-corrected chi connectivity index (χ4v) is 5.49. The molecule has 0 amide bonds. The number of aliphatic hydroxyl groups is 1. The van der Waals surface area contributed by atoms with E-state index in [-0.39, 0.29) is 23.5 Å². The predicted octanol–water partition coefficient (Wildman–Crippen LogP) is 3.56. The van der Waals surface area contributed by atoms with Crippen molar-refractivity contribution in [2.24, 2.45) is 0 Å². The molecule has 8 heteroatoms. The molecule has 6 nitrogen and oxygen atoms in total. The number of thioether (sulfide) groups is 1. The van der Waals surface area contributed by atoms with Crippen LogP contribution in [0.4, 0.5) is 4.39 Å². The highest BCUT2D eigenvalue weighted by Gasteiger charge is 2.34. The topological polar surface area (TPSA) is 81.4 Å². The van der Waals surface area contributed by atoms with Gasteiger partial charge in [0.25, 0.3) is 12.0 Å². The Morgan fingerprint density at radius 3 is 2.78 bits per heavy atom. The molecule has 2 aromatic heterocycles. The van der Waals surface area contributed by atoms with Crippen molar-refractivity contribution >= 4 is 29.1 Å². The van der Waals surface area contributed by atoms with Gasteiger partial charge in [0.05, 0.1) is 29.0 Å². The fourth-order valence-electron chi connectivity index (χ4n) is 5.09. The molecule has 1 aromatic carbocycles. The first-order chi connectivity index (χ1) is 15.3. The molecule has 5 rings (SSSR count). The zero-order chi connectivity index (χ0) is 22.8. The number of ether oxygens (including phenoxy) is 1. The Hall–Kier alpha value is -2.71. The van der Waals surface area contributed by atoms with Crippen molar-refractivity contribution in [3.8, 4) is 11.4 Å². The van der Waals surface area contributed by atoms with Crippen LogP contribution in [0.25, 0.3) is 22.3 Å². The van der Waals surface area contributed by atoms with E-state index in [4.69, 9.17) is 9.72 Å². The highest BCUT2D eigenvalue weighted by molar-refractivity contribution is 7.99. The number of hydrogen-bond donors (Lipinski definition) is 1. The van der Waals surface area contributed by atoms with Crippen LogP contribution in [0.2, 0.25) is 0 Å². The van der Waals surface area contributed by atoms with E-state index in [1.165, 1.54) is 17.8 Å². The summed E-state index contributed by atoms with van der Waals surface area (Å²) < 4.78 is 21.2. The maximum atomic E-state index is 14.6. The molecule has 1 unspecified atom stereocenters. The standard InChI is InChI=1S/C24H23FN2O4S/c1-12-13-5-4-6-14-15-9-27-20(22(15)26-19(21(13)14)8-18(12)25)7-17(24(2,30)32-3)16(23(27)29)10-31-11-28/h7-8,11,30H,4-6,9-10H2,1-3H3. The molecule has 1 aliphatic carbocycles. The Labute approximate surface area is 188 Å². The van der Waals surface area contributed by atoms with Crippen molar-refractivity contribution < 1.29 is 19.0 Å². The summed E-state index contributed by atoms with van der Waals surface area (Å²) in [6.45, 7) is 3.84. The van der Waals surface area contributed by atoms with Crippen LogP contribution in [0.5, 0.6) is 0 Å². The third-order valence-electron chi connectivity index (χ3n) is 6.82. The first-order valence-electron chi connectivity index (χ1n) is 10.5. The van der Waals surface area contributed by atoms with E-state index >= 15 is 0 Å². The van der Waals surface area contributed by atoms with Crippen LogP contribution in [-0.2, 0) is 40.5 Å². The lowest BCUT2D eigenvalue weighted by molar-refractivity contribution is -0.129. The van der Waals surface area contributed by atoms with Crippen molar-refractivity contribution in [2.45, 2.75) is 51.2 Å². The van der Waals surface area contributed by atoms with Crippen molar-refractivity contribution in [3.05, 3.63) is 61.7 Å². The smallest absolute Gasteiger partial charge is 0.293 e. The highest BCUT2D eigenvalue weighted by atomic mass is 32.2. The van der Waals surface area contributed by atoms with Crippen molar-refractivity contribution in [1.82, 2.24) is 9.55 Å². The Morgan fingerprint density at radius 2 is 2.06 bits per heavy atom. The van der Waals surface area contributed by atoms with Crippen LogP contribution < -0.4 is 5.56 Å². The molecule has 0 spiro atoms. The molecule has 0 fully saturated rings. The molecule has 0 bridgehead atoms. The van der Waals surface area contributed by atoms with Gasteiger partial charge in [-0.15, -0.1) is 11.8 Å². The zero-order valence-corrected chi connectivity index (χ0v) is 18.9. The number of benzene rings is 1. The second kappa shape index (κ2) is 7.42. The number of nitrogens with zero attached hydrogens (tertiary/aromatic N) is 2. The first-order valence-corrected chi connectivity index (χ1v) is 11.7. The number of hydrogen-bond acceptors (Lipinski definition) is 6. The van der Waals surface area contributed by atoms with Gasteiger partial charge in [-0.05, 0) is 62.1 Å². The first kappa shape index (κ1) is 21.2. The number of carbonyl (C=O) groups excluding carboxylic acids is 1. The van der Waals surface area contributed by atoms with Gasteiger partial charge in [-0.2, -0.15) is 0 Å². The summed E-state index contributed by atoms with van der Waals surface area (Å²) in [5.74, 6) is -0.268. The summed E-state index contributed by atoms with van der Waals surface area (Å²) in [6.07, 6.45) is 4.32. The number of aromatic nitrogens is 2. The Bertz CT molecular complexity index is 1360. The predicted molar refractivity (Wildman–Crippen MR) is 121 cm³/mol. The molecule has 0 radical (unpaired) electrons. The van der Waals surface area contributed by atoms with Crippen LogP contribution in [0.15, 0.2) is 16.9 Å². The third kappa shape index (κ3) is 2.93. The third-order valence-corrected chi connectivity index (χ3v) is 7.84. The van der Waals surface area contributed by atoms with Crippen molar-refractivity contribution in [3.63, 3.8) is 0 Å². The average Bonchev–Trinajstić information content (AvgIpc) is 3.15. The van der Waals surface area contributed by atoms with Gasteiger partial charge in [-0.25, -0.2) is 9.37 Å². The van der Waals surface area contributed by atoms with E-state index in [2.05, 4.69) is 0 Å². The lowest BCUT2D eigenvalue weighted by atomic mass is 9.85. The molecule has 2 aliphatic rings. The SMILES string of the molecule is CSC(C)(O)c1cc2n(c(=O)c1COC=O)Cc1c-2nc2cc(F)c(C)c3c2c1CCC3. The minimum atomic E-state index is -1.36. The molecule has 1 N–H and O–H groups in total. The van der Waals surface area contributed by atoms with E-state index < -0.39 is 4.93 Å². The van der Waals surface area contributed by atoms with Crippen molar-refractivity contribution in [1.29, 1.82) is 0 Å². The Balaban J connectivity index is 1.82. The summed E-state index contributed by atoms with van der Waals surface area (Å²) >= 11 is 1.18. The van der Waals surface area contributed by atoms with E-state index in [0.29, 0.717) is 41.0 Å². The minimum absolute atomic E-state index is 0.220. The number of rotatable bonds is 5. The molecular weight excluding hydrogens is 431 g/mol. The van der Waals surface area contributed by atoms with Gasteiger partial charge in [0.2, 0.25) is 0 Å². The minimum Gasteiger partial charge on any atom is -0.463 e. The summed E-state index contributed by atoms with van der Waals surface area (Å²) in [5, 5.41) is 12.0.